The Kier molecular flexibility index (Phi) is 14.4. The Labute approximate surface area is 335 Å². The molecular formula is C42H64N6O6Si2. The zero-order valence-corrected chi connectivity index (χ0v) is 37.4. The number of hydrogen-bond donors (Lipinski definition) is 0. The summed E-state index contributed by atoms with van der Waals surface area (Å²) in [5.41, 5.74) is 3.72. The molecule has 3 aromatic heterocycles. The SMILES string of the molecule is C=C(OCC)c1c(CN(C(=O)OC(C)(C)C)C2CCOCC2)nc2c(-c3cnc4ccccc4c3)cnn2c1N(COCC[Si](C)(C)C)COCC[Si](C)(C)C. The fourth-order valence-corrected chi connectivity index (χ4v) is 7.98. The lowest BCUT2D eigenvalue weighted by molar-refractivity contribution is -0.00846. The molecule has 0 aliphatic carbocycles. The first kappa shape index (κ1) is 43.3. The van der Waals surface area contributed by atoms with Gasteiger partial charge in [-0.25, -0.2) is 9.78 Å². The van der Waals surface area contributed by atoms with Crippen molar-refractivity contribution in [3.63, 3.8) is 0 Å². The lowest BCUT2D eigenvalue weighted by Crippen LogP contribution is -2.45. The summed E-state index contributed by atoms with van der Waals surface area (Å²) in [6, 6.07) is 12.1. The van der Waals surface area contributed by atoms with Gasteiger partial charge in [-0.3, -0.25) is 9.88 Å². The number of nitrogens with zero attached hydrogens (tertiary/aromatic N) is 6. The van der Waals surface area contributed by atoms with Crippen molar-refractivity contribution in [1.29, 1.82) is 0 Å². The molecule has 1 fully saturated rings. The van der Waals surface area contributed by atoms with Crippen LogP contribution in [0.25, 0.3) is 33.4 Å². The molecule has 0 atom stereocenters. The number of fused-ring (bicyclic) bond motifs is 2. The van der Waals surface area contributed by atoms with Gasteiger partial charge in [0.2, 0.25) is 0 Å². The normalized spacial score (nSPS) is 14.3. The summed E-state index contributed by atoms with van der Waals surface area (Å²) in [5.74, 6) is 1.09. The smallest absolute Gasteiger partial charge is 0.410 e. The van der Waals surface area contributed by atoms with Crippen molar-refractivity contribution in [1.82, 2.24) is 24.5 Å². The zero-order chi connectivity index (χ0) is 40.7. The number of hydrogen-bond acceptors (Lipinski definition) is 10. The molecule has 4 aromatic rings. The first-order valence-electron chi connectivity index (χ1n) is 20.0. The highest BCUT2D eigenvalue weighted by atomic mass is 28.3. The molecule has 56 heavy (non-hydrogen) atoms. The van der Waals surface area contributed by atoms with Gasteiger partial charge in [0.25, 0.3) is 0 Å². The van der Waals surface area contributed by atoms with Gasteiger partial charge in [0, 0.05) is 71.3 Å². The summed E-state index contributed by atoms with van der Waals surface area (Å²) in [6.07, 6.45) is 4.64. The van der Waals surface area contributed by atoms with Crippen molar-refractivity contribution in [3.05, 3.63) is 60.6 Å². The topological polar surface area (TPSA) is 113 Å². The number of benzene rings is 1. The van der Waals surface area contributed by atoms with Gasteiger partial charge in [-0.2, -0.15) is 9.61 Å². The Morgan fingerprint density at radius 3 is 2.23 bits per heavy atom. The predicted molar refractivity (Wildman–Crippen MR) is 230 cm³/mol. The molecule has 0 spiro atoms. The van der Waals surface area contributed by atoms with Crippen LogP contribution in [0, 0.1) is 0 Å². The van der Waals surface area contributed by atoms with Gasteiger partial charge in [-0.05, 0) is 64.8 Å². The number of amides is 1. The lowest BCUT2D eigenvalue weighted by Gasteiger charge is -2.36. The Hall–Kier alpha value is -3.83. The molecule has 306 valence electrons. The maximum atomic E-state index is 14.1. The van der Waals surface area contributed by atoms with E-state index in [9.17, 15) is 4.79 Å². The van der Waals surface area contributed by atoms with Crippen molar-refractivity contribution in [3.8, 4) is 11.1 Å². The molecule has 1 aliphatic rings. The second kappa shape index (κ2) is 18.6. The fourth-order valence-electron chi connectivity index (χ4n) is 6.47. The number of aromatic nitrogens is 4. The Morgan fingerprint density at radius 1 is 0.982 bits per heavy atom. The lowest BCUT2D eigenvalue weighted by atomic mass is 10.1. The van der Waals surface area contributed by atoms with Gasteiger partial charge in [-0.1, -0.05) is 64.1 Å². The molecule has 4 heterocycles. The summed E-state index contributed by atoms with van der Waals surface area (Å²) < 4.78 is 32.8. The van der Waals surface area contributed by atoms with E-state index in [2.05, 4.69) is 62.9 Å². The van der Waals surface area contributed by atoms with Gasteiger partial charge < -0.3 is 28.6 Å². The van der Waals surface area contributed by atoms with E-state index >= 15 is 0 Å². The van der Waals surface area contributed by atoms with E-state index in [1.165, 1.54) is 0 Å². The molecule has 0 saturated carbocycles. The number of anilines is 1. The van der Waals surface area contributed by atoms with Crippen LogP contribution >= 0.6 is 0 Å². The predicted octanol–water partition coefficient (Wildman–Crippen LogP) is 9.30. The van der Waals surface area contributed by atoms with E-state index in [1.54, 1.807) is 4.90 Å². The van der Waals surface area contributed by atoms with Crippen LogP contribution < -0.4 is 4.90 Å². The first-order chi connectivity index (χ1) is 26.4. The van der Waals surface area contributed by atoms with E-state index in [1.807, 2.05) is 62.8 Å². The van der Waals surface area contributed by atoms with Crippen LogP contribution in [-0.2, 0) is 30.2 Å². The number of carbonyl (C=O) groups excluding carboxylic acids is 1. The molecule has 0 bridgehead atoms. The van der Waals surface area contributed by atoms with Gasteiger partial charge in [0.05, 0.1) is 36.1 Å². The fraction of sp³-hybridized carbons (Fsp3) is 0.571. The highest BCUT2D eigenvalue weighted by Crippen LogP contribution is 2.36. The van der Waals surface area contributed by atoms with Crippen LogP contribution in [0.15, 0.2) is 49.3 Å². The summed E-state index contributed by atoms with van der Waals surface area (Å²) in [6.45, 7) is 29.5. The third-order valence-corrected chi connectivity index (χ3v) is 13.0. The van der Waals surface area contributed by atoms with Gasteiger partial charge >= 0.3 is 6.09 Å². The van der Waals surface area contributed by atoms with E-state index < -0.39 is 27.8 Å². The molecule has 0 unspecified atom stereocenters. The highest BCUT2D eigenvalue weighted by molar-refractivity contribution is 6.76. The van der Waals surface area contributed by atoms with Gasteiger partial charge in [0.15, 0.2) is 5.65 Å². The van der Waals surface area contributed by atoms with Crippen LogP contribution in [-0.4, -0.2) is 105 Å². The summed E-state index contributed by atoms with van der Waals surface area (Å²) in [7, 11) is -2.73. The second-order valence-corrected chi connectivity index (χ2v) is 29.3. The molecule has 14 heteroatoms. The maximum Gasteiger partial charge on any atom is 0.410 e. The summed E-state index contributed by atoms with van der Waals surface area (Å²) >= 11 is 0. The molecule has 0 N–H and O–H groups in total. The molecule has 0 radical (unpaired) electrons. The minimum Gasteiger partial charge on any atom is -0.494 e. The van der Waals surface area contributed by atoms with Gasteiger partial charge in [-0.15, -0.1) is 0 Å². The number of carbonyl (C=O) groups is 1. The van der Waals surface area contributed by atoms with Crippen LogP contribution in [0.3, 0.4) is 0 Å². The van der Waals surface area contributed by atoms with E-state index in [0.717, 1.165) is 34.1 Å². The van der Waals surface area contributed by atoms with Crippen LogP contribution in [0.5, 0.6) is 0 Å². The van der Waals surface area contributed by atoms with Crippen LogP contribution in [0.2, 0.25) is 51.4 Å². The summed E-state index contributed by atoms with van der Waals surface area (Å²) in [5, 5.41) is 6.01. The Morgan fingerprint density at radius 2 is 1.62 bits per heavy atom. The molecule has 5 rings (SSSR count). The molecule has 1 aliphatic heterocycles. The van der Waals surface area contributed by atoms with Crippen molar-refractivity contribution in [2.75, 3.05) is 51.4 Å². The molecule has 12 nitrogen and oxygen atoms in total. The highest BCUT2D eigenvalue weighted by Gasteiger charge is 2.34. The number of pyridine rings is 1. The van der Waals surface area contributed by atoms with Crippen molar-refractivity contribution >= 4 is 50.4 Å². The van der Waals surface area contributed by atoms with Gasteiger partial charge in [0.1, 0.15) is 30.6 Å². The average molecular weight is 805 g/mol. The van der Waals surface area contributed by atoms with Crippen molar-refractivity contribution < 1.29 is 28.5 Å². The third-order valence-electron chi connectivity index (χ3n) is 9.56. The monoisotopic (exact) mass is 804 g/mol. The first-order valence-corrected chi connectivity index (χ1v) is 27.4. The third kappa shape index (κ3) is 11.9. The van der Waals surface area contributed by atoms with Crippen molar-refractivity contribution in [2.24, 2.45) is 0 Å². The minimum absolute atomic E-state index is 0.117. The second-order valence-electron chi connectivity index (χ2n) is 18.0. The van der Waals surface area contributed by atoms with Crippen molar-refractivity contribution in [2.45, 2.75) is 110 Å². The molecule has 1 amide bonds. The maximum absolute atomic E-state index is 14.1. The van der Waals surface area contributed by atoms with E-state index in [4.69, 9.17) is 38.8 Å². The Balaban J connectivity index is 1.73. The standard InChI is InChI=1S/C42H64N6O6Si2/c1-12-53-31(2)38-37(28-47(34-17-19-50-20-18-34)41(49)54-42(3,4)5)45-39-35(33-25-32-15-13-14-16-36(32)43-26-33)27-44-48(39)40(38)46(29-51-21-23-55(6,7)8)30-52-22-24-56(9,10)11/h13-16,25-27,34H,2,12,17-24,28-30H2,1,3-11H3. The van der Waals surface area contributed by atoms with Crippen LogP contribution in [0.1, 0.15) is 51.8 Å². The Bertz CT molecular complexity index is 1920. The molecule has 1 saturated heterocycles. The minimum atomic E-state index is -1.37. The molecule has 1 aromatic carbocycles. The zero-order valence-electron chi connectivity index (χ0n) is 35.4. The average Bonchev–Trinajstić information content (AvgIpc) is 3.55. The van der Waals surface area contributed by atoms with E-state index in [-0.39, 0.29) is 26.0 Å². The molecular weight excluding hydrogens is 741 g/mol. The largest absolute Gasteiger partial charge is 0.494 e. The number of para-hydroxylation sites is 1. The van der Waals surface area contributed by atoms with Crippen LogP contribution in [0.4, 0.5) is 10.6 Å². The number of rotatable bonds is 18. The summed E-state index contributed by atoms with van der Waals surface area (Å²) in [4.78, 5) is 28.1. The number of ether oxygens (including phenoxy) is 5. The van der Waals surface area contributed by atoms with E-state index in [0.29, 0.717) is 74.4 Å². The quantitative estimate of drug-likeness (QED) is 0.0418.